The van der Waals surface area contributed by atoms with Crippen LogP contribution in [0.15, 0.2) is 47.4 Å². The Morgan fingerprint density at radius 1 is 1.09 bits per heavy atom. The molecule has 23 heavy (non-hydrogen) atoms. The van der Waals surface area contributed by atoms with E-state index in [1.807, 2.05) is 24.3 Å². The van der Waals surface area contributed by atoms with Gasteiger partial charge < -0.3 is 10.3 Å². The van der Waals surface area contributed by atoms with Gasteiger partial charge in [0.25, 0.3) is 5.56 Å². The third kappa shape index (κ3) is 2.84. The SMILES string of the molecule is O=c1cccnn1C1CCC(Nc2nc3ccccc3[nH]2)CC1. The van der Waals surface area contributed by atoms with Crippen molar-refractivity contribution in [3.63, 3.8) is 0 Å². The summed E-state index contributed by atoms with van der Waals surface area (Å²) >= 11 is 0. The molecule has 0 bridgehead atoms. The van der Waals surface area contributed by atoms with Gasteiger partial charge in [0.1, 0.15) is 0 Å². The highest BCUT2D eigenvalue weighted by molar-refractivity contribution is 5.77. The first-order valence-electron chi connectivity index (χ1n) is 8.05. The first-order valence-corrected chi connectivity index (χ1v) is 8.05. The second-order valence-corrected chi connectivity index (χ2v) is 6.06. The lowest BCUT2D eigenvalue weighted by Crippen LogP contribution is -2.33. The summed E-state index contributed by atoms with van der Waals surface area (Å²) in [5, 5.41) is 7.69. The van der Waals surface area contributed by atoms with Crippen molar-refractivity contribution in [3.05, 3.63) is 52.9 Å². The van der Waals surface area contributed by atoms with Crippen LogP contribution >= 0.6 is 0 Å². The molecule has 6 heteroatoms. The highest BCUT2D eigenvalue weighted by atomic mass is 16.1. The minimum atomic E-state index is -0.0128. The number of aromatic nitrogens is 4. The summed E-state index contributed by atoms with van der Waals surface area (Å²) in [6.07, 6.45) is 5.60. The van der Waals surface area contributed by atoms with Gasteiger partial charge in [0.2, 0.25) is 5.95 Å². The van der Waals surface area contributed by atoms with Crippen molar-refractivity contribution in [2.75, 3.05) is 5.32 Å². The molecule has 1 aromatic carbocycles. The zero-order chi connectivity index (χ0) is 15.6. The lowest BCUT2D eigenvalue weighted by Gasteiger charge is -2.29. The number of hydrogen-bond acceptors (Lipinski definition) is 4. The van der Waals surface area contributed by atoms with Gasteiger partial charge in [-0.1, -0.05) is 12.1 Å². The van der Waals surface area contributed by atoms with Gasteiger partial charge >= 0.3 is 0 Å². The van der Waals surface area contributed by atoms with Crippen molar-refractivity contribution in [2.45, 2.75) is 37.8 Å². The lowest BCUT2D eigenvalue weighted by molar-refractivity contribution is 0.303. The Bertz CT molecular complexity index is 827. The Labute approximate surface area is 133 Å². The fourth-order valence-electron chi connectivity index (χ4n) is 3.32. The summed E-state index contributed by atoms with van der Waals surface area (Å²) in [7, 11) is 0. The number of nitrogens with one attached hydrogen (secondary N) is 2. The van der Waals surface area contributed by atoms with E-state index in [1.54, 1.807) is 23.0 Å². The van der Waals surface area contributed by atoms with E-state index < -0.39 is 0 Å². The van der Waals surface area contributed by atoms with E-state index in [0.717, 1.165) is 42.7 Å². The summed E-state index contributed by atoms with van der Waals surface area (Å²) in [5.41, 5.74) is 2.01. The maximum atomic E-state index is 11.9. The van der Waals surface area contributed by atoms with Crippen LogP contribution in [0.4, 0.5) is 5.95 Å². The van der Waals surface area contributed by atoms with E-state index in [4.69, 9.17) is 0 Å². The fourth-order valence-corrected chi connectivity index (χ4v) is 3.32. The molecule has 4 rings (SSSR count). The molecule has 1 fully saturated rings. The molecule has 0 atom stereocenters. The molecule has 0 aliphatic heterocycles. The highest BCUT2D eigenvalue weighted by Crippen LogP contribution is 2.28. The highest BCUT2D eigenvalue weighted by Gasteiger charge is 2.24. The molecule has 1 saturated carbocycles. The first kappa shape index (κ1) is 14.0. The third-order valence-corrected chi connectivity index (χ3v) is 4.51. The summed E-state index contributed by atoms with van der Waals surface area (Å²) in [6.45, 7) is 0. The largest absolute Gasteiger partial charge is 0.353 e. The van der Waals surface area contributed by atoms with E-state index in [-0.39, 0.29) is 11.6 Å². The number of para-hydroxylation sites is 2. The normalized spacial score (nSPS) is 21.4. The van der Waals surface area contributed by atoms with E-state index in [1.165, 1.54) is 0 Å². The molecule has 0 spiro atoms. The van der Waals surface area contributed by atoms with Crippen LogP contribution in [-0.4, -0.2) is 25.8 Å². The fraction of sp³-hybridized carbons (Fsp3) is 0.353. The van der Waals surface area contributed by atoms with Crippen molar-refractivity contribution >= 4 is 17.0 Å². The minimum absolute atomic E-state index is 0.0128. The van der Waals surface area contributed by atoms with Gasteiger partial charge in [-0.15, -0.1) is 0 Å². The van der Waals surface area contributed by atoms with Crippen LogP contribution in [0, 0.1) is 0 Å². The molecule has 0 unspecified atom stereocenters. The van der Waals surface area contributed by atoms with Crippen LogP contribution in [0.2, 0.25) is 0 Å². The Morgan fingerprint density at radius 2 is 1.91 bits per heavy atom. The third-order valence-electron chi connectivity index (χ3n) is 4.51. The summed E-state index contributed by atoms with van der Waals surface area (Å²) < 4.78 is 1.62. The zero-order valence-electron chi connectivity index (χ0n) is 12.8. The molecule has 1 aliphatic rings. The molecule has 0 radical (unpaired) electrons. The van der Waals surface area contributed by atoms with Crippen LogP contribution in [0.1, 0.15) is 31.7 Å². The first-order chi connectivity index (χ1) is 11.3. The van der Waals surface area contributed by atoms with Gasteiger partial charge in [-0.3, -0.25) is 4.79 Å². The average Bonchev–Trinajstić information content (AvgIpc) is 2.98. The lowest BCUT2D eigenvalue weighted by atomic mass is 9.91. The molecule has 3 aromatic rings. The van der Waals surface area contributed by atoms with Crippen LogP contribution in [0.5, 0.6) is 0 Å². The number of nitrogens with zero attached hydrogens (tertiary/aromatic N) is 3. The van der Waals surface area contributed by atoms with Crippen molar-refractivity contribution in [2.24, 2.45) is 0 Å². The second-order valence-electron chi connectivity index (χ2n) is 6.06. The molecular formula is C17H19N5O. The zero-order valence-corrected chi connectivity index (χ0v) is 12.8. The predicted molar refractivity (Wildman–Crippen MR) is 89.5 cm³/mol. The quantitative estimate of drug-likeness (QED) is 0.780. The number of anilines is 1. The number of aromatic amines is 1. The van der Waals surface area contributed by atoms with Crippen LogP contribution in [0.25, 0.3) is 11.0 Å². The van der Waals surface area contributed by atoms with Crippen LogP contribution in [-0.2, 0) is 0 Å². The average molecular weight is 309 g/mol. The predicted octanol–water partition coefficient (Wildman–Crippen LogP) is 2.72. The molecule has 118 valence electrons. The second kappa shape index (κ2) is 5.87. The number of benzene rings is 1. The van der Waals surface area contributed by atoms with Gasteiger partial charge in [-0.25, -0.2) is 9.67 Å². The molecule has 0 saturated heterocycles. The maximum Gasteiger partial charge on any atom is 0.266 e. The molecule has 1 aliphatic carbocycles. The van der Waals surface area contributed by atoms with Crippen LogP contribution in [0.3, 0.4) is 0 Å². The van der Waals surface area contributed by atoms with Crippen molar-refractivity contribution in [1.82, 2.24) is 19.7 Å². The van der Waals surface area contributed by atoms with Crippen molar-refractivity contribution in [1.29, 1.82) is 0 Å². The molecule has 2 heterocycles. The van der Waals surface area contributed by atoms with Crippen molar-refractivity contribution in [3.8, 4) is 0 Å². The summed E-state index contributed by atoms with van der Waals surface area (Å²) in [6, 6.07) is 11.9. The number of fused-ring (bicyclic) bond motifs is 1. The standard InChI is InChI=1S/C17H19N5O/c23-16-6-3-11-18-22(16)13-9-7-12(8-10-13)19-17-20-14-4-1-2-5-15(14)21-17/h1-6,11-13H,7-10H2,(H2,19,20,21). The number of hydrogen-bond donors (Lipinski definition) is 2. The minimum Gasteiger partial charge on any atom is -0.353 e. The van der Waals surface area contributed by atoms with Crippen molar-refractivity contribution < 1.29 is 0 Å². The molecule has 6 nitrogen and oxygen atoms in total. The van der Waals surface area contributed by atoms with E-state index in [2.05, 4.69) is 20.4 Å². The Balaban J connectivity index is 1.42. The van der Waals surface area contributed by atoms with Gasteiger partial charge in [0.05, 0.1) is 17.1 Å². The van der Waals surface area contributed by atoms with E-state index >= 15 is 0 Å². The van der Waals surface area contributed by atoms with E-state index in [0.29, 0.717) is 6.04 Å². The number of imidazole rings is 1. The Kier molecular flexibility index (Phi) is 3.57. The topological polar surface area (TPSA) is 75.6 Å². The summed E-state index contributed by atoms with van der Waals surface area (Å²) in [5.74, 6) is 0.824. The maximum absolute atomic E-state index is 11.9. The number of rotatable bonds is 3. The summed E-state index contributed by atoms with van der Waals surface area (Å²) in [4.78, 5) is 19.7. The monoisotopic (exact) mass is 309 g/mol. The van der Waals surface area contributed by atoms with Gasteiger partial charge in [-0.2, -0.15) is 5.10 Å². The van der Waals surface area contributed by atoms with Crippen LogP contribution < -0.4 is 10.9 Å². The Morgan fingerprint density at radius 3 is 2.70 bits per heavy atom. The number of H-pyrrole nitrogens is 1. The molecule has 0 amide bonds. The van der Waals surface area contributed by atoms with Gasteiger partial charge in [0.15, 0.2) is 0 Å². The molecular weight excluding hydrogens is 290 g/mol. The molecule has 2 aromatic heterocycles. The Hall–Kier alpha value is -2.63. The van der Waals surface area contributed by atoms with Gasteiger partial charge in [0, 0.05) is 18.3 Å². The smallest absolute Gasteiger partial charge is 0.266 e. The molecule has 2 N–H and O–H groups in total. The van der Waals surface area contributed by atoms with E-state index in [9.17, 15) is 4.79 Å². The van der Waals surface area contributed by atoms with Gasteiger partial charge in [-0.05, 0) is 43.9 Å².